The Morgan fingerprint density at radius 3 is 1.35 bits per heavy atom. The third-order valence-corrected chi connectivity index (χ3v) is 36.6. The van der Waals surface area contributed by atoms with Crippen molar-refractivity contribution in [2.45, 2.75) is 33.9 Å². The standard InChI is InChI=1S/2C23H19.C12H9Si.2ClH.Zr/c2*1-2-17-9-6-7-13-21(17)22-14-8-12-19-15-20(16-23(19)22)18-10-4-3-5-11-18;1-3-7-11-9(5-1)10-6-2-4-8-12(10)13-11;;;/h2*3-16H,2H2,1H3;1-7H,13H2;2*1H;/q;;;;;+2/p-2. The summed E-state index contributed by atoms with van der Waals surface area (Å²) in [5.74, 6) is 0. The van der Waals surface area contributed by atoms with Crippen molar-refractivity contribution in [3.63, 3.8) is 0 Å². The fourth-order valence-electron chi connectivity index (χ4n) is 11.4. The number of rotatable bonds is 9. The van der Waals surface area contributed by atoms with Gasteiger partial charge in [0, 0.05) is 0 Å². The van der Waals surface area contributed by atoms with Crippen LogP contribution in [0.1, 0.15) is 65.6 Å². The van der Waals surface area contributed by atoms with Crippen molar-refractivity contribution >= 4 is 63.5 Å². The van der Waals surface area contributed by atoms with Crippen molar-refractivity contribution < 1.29 is 16.4 Å². The molecule has 2 unspecified atom stereocenters. The van der Waals surface area contributed by atoms with Gasteiger partial charge in [-0.15, -0.1) is 0 Å². The number of aryl methyl sites for hydroxylation is 2. The van der Waals surface area contributed by atoms with E-state index < -0.39 is 25.9 Å². The zero-order chi connectivity index (χ0) is 42.0. The van der Waals surface area contributed by atoms with Crippen LogP contribution in [0.5, 0.6) is 0 Å². The quantitative estimate of drug-likeness (QED) is 0.127. The van der Waals surface area contributed by atoms with Gasteiger partial charge >= 0.3 is 380 Å². The molecule has 0 nitrogen and oxygen atoms in total. The van der Waals surface area contributed by atoms with Gasteiger partial charge in [-0.1, -0.05) is 0 Å². The normalized spacial score (nSPS) is 17.1. The molecule has 2 aliphatic carbocycles. The second kappa shape index (κ2) is 15.6. The molecule has 62 heavy (non-hydrogen) atoms. The number of hydrogen-bond acceptors (Lipinski definition) is 0. The van der Waals surface area contributed by atoms with Crippen LogP contribution in [0.3, 0.4) is 0 Å². The Balaban J connectivity index is 1.27. The molecule has 3 aliphatic rings. The van der Waals surface area contributed by atoms with Crippen LogP contribution < -0.4 is 13.6 Å². The number of allylic oxidation sites excluding steroid dienone is 2. The number of benzene rings is 8. The van der Waals surface area contributed by atoms with Crippen LogP contribution in [0.15, 0.2) is 188 Å². The van der Waals surface area contributed by atoms with Crippen molar-refractivity contribution in [1.82, 2.24) is 0 Å². The van der Waals surface area contributed by atoms with E-state index in [4.69, 9.17) is 0 Å². The summed E-state index contributed by atoms with van der Waals surface area (Å²) in [4.78, 5) is 0. The average molecular weight is 934 g/mol. The molecule has 8 aromatic rings. The molecule has 0 fully saturated rings. The van der Waals surface area contributed by atoms with Crippen LogP contribution in [0.2, 0.25) is 0 Å². The van der Waals surface area contributed by atoms with E-state index in [1.54, 1.807) is 0 Å². The molecule has 0 N–H and O–H groups in total. The van der Waals surface area contributed by atoms with E-state index in [2.05, 4.69) is 214 Å². The summed E-state index contributed by atoms with van der Waals surface area (Å²) in [7, 11) is 18.1. The SMILES string of the molecule is CCc1ccccc1-c1cccc2c1C=C(c1ccccc1)[CH]2[Zr]([Cl])([Cl])([c]1cccc2c1[SiH2]c1ccccc1-2)[CH]1C(c2ccccc2)=Cc2c(-c3ccccc3CC)cccc21. The molecule has 11 rings (SSSR count). The number of halogens is 2. The van der Waals surface area contributed by atoms with Crippen LogP contribution in [-0.4, -0.2) is 9.52 Å². The van der Waals surface area contributed by atoms with Crippen molar-refractivity contribution in [3.05, 3.63) is 233 Å². The first-order valence-corrected chi connectivity index (χ1v) is 33.9. The predicted octanol–water partition coefficient (Wildman–Crippen LogP) is 13.5. The molecule has 8 aromatic carbocycles. The van der Waals surface area contributed by atoms with Crippen molar-refractivity contribution in [1.29, 1.82) is 0 Å². The minimum atomic E-state index is -5.92. The first-order chi connectivity index (χ1) is 30.4. The maximum absolute atomic E-state index is 9.53. The molecule has 4 heteroatoms. The second-order valence-electron chi connectivity index (χ2n) is 17.3. The van der Waals surface area contributed by atoms with Crippen LogP contribution in [0, 0.1) is 0 Å². The van der Waals surface area contributed by atoms with E-state index in [1.165, 1.54) is 103 Å². The van der Waals surface area contributed by atoms with Crippen molar-refractivity contribution in [3.8, 4) is 33.4 Å². The Labute approximate surface area is 376 Å². The molecule has 0 radical (unpaired) electrons. The molecule has 0 aromatic heterocycles. The van der Waals surface area contributed by atoms with E-state index in [0.717, 1.165) is 12.8 Å². The Hall–Kier alpha value is -5.08. The summed E-state index contributed by atoms with van der Waals surface area (Å²) in [5, 5.41) is 2.89. The van der Waals surface area contributed by atoms with Crippen LogP contribution in [-0.2, 0) is 29.2 Å². The van der Waals surface area contributed by atoms with E-state index in [9.17, 15) is 17.0 Å². The molecular formula is C58H47Cl2SiZr. The van der Waals surface area contributed by atoms with Gasteiger partial charge in [0.25, 0.3) is 0 Å². The third kappa shape index (κ3) is 6.09. The molecule has 0 spiro atoms. The Morgan fingerprint density at radius 1 is 0.419 bits per heavy atom. The summed E-state index contributed by atoms with van der Waals surface area (Å²) in [5.41, 5.74) is 20.1. The van der Waals surface area contributed by atoms with Crippen LogP contribution >= 0.6 is 17.0 Å². The maximum atomic E-state index is 9.53. The zero-order valence-corrected chi connectivity index (χ0v) is 40.5. The molecule has 0 saturated heterocycles. The average Bonchev–Trinajstić information content (AvgIpc) is 4.05. The van der Waals surface area contributed by atoms with Crippen LogP contribution in [0.25, 0.3) is 56.7 Å². The molecule has 0 bridgehead atoms. The van der Waals surface area contributed by atoms with Gasteiger partial charge in [-0.25, -0.2) is 0 Å². The van der Waals surface area contributed by atoms with Crippen molar-refractivity contribution in [2.24, 2.45) is 0 Å². The van der Waals surface area contributed by atoms with E-state index >= 15 is 0 Å². The first kappa shape index (κ1) is 39.7. The predicted molar refractivity (Wildman–Crippen MR) is 268 cm³/mol. The molecule has 2 atom stereocenters. The summed E-state index contributed by atoms with van der Waals surface area (Å²) in [6.07, 6.45) is 6.84. The fourth-order valence-corrected chi connectivity index (χ4v) is 38.5. The molecular weight excluding hydrogens is 887 g/mol. The summed E-state index contributed by atoms with van der Waals surface area (Å²) in [6.45, 7) is 4.51. The van der Waals surface area contributed by atoms with Gasteiger partial charge < -0.3 is 0 Å². The van der Waals surface area contributed by atoms with Gasteiger partial charge in [-0.2, -0.15) is 0 Å². The first-order valence-electron chi connectivity index (χ1n) is 22.1. The topological polar surface area (TPSA) is 0 Å². The van der Waals surface area contributed by atoms with Gasteiger partial charge in [0.2, 0.25) is 0 Å². The second-order valence-corrected chi connectivity index (χ2v) is 39.7. The Kier molecular flexibility index (Phi) is 10.0. The third-order valence-electron chi connectivity index (χ3n) is 14.1. The summed E-state index contributed by atoms with van der Waals surface area (Å²) >= 11 is -5.92. The van der Waals surface area contributed by atoms with E-state index in [1.807, 2.05) is 0 Å². The van der Waals surface area contributed by atoms with Gasteiger partial charge in [0.05, 0.1) is 0 Å². The Bertz CT molecular complexity index is 2970. The minimum absolute atomic E-state index is 0.259. The van der Waals surface area contributed by atoms with Gasteiger partial charge in [-0.3, -0.25) is 0 Å². The van der Waals surface area contributed by atoms with E-state index in [0.29, 0.717) is 0 Å². The van der Waals surface area contributed by atoms with Gasteiger partial charge in [0.15, 0.2) is 0 Å². The summed E-state index contributed by atoms with van der Waals surface area (Å²) in [6, 6.07) is 69.6. The molecule has 0 amide bonds. The van der Waals surface area contributed by atoms with Gasteiger partial charge in [0.1, 0.15) is 0 Å². The van der Waals surface area contributed by atoms with Crippen LogP contribution in [0.4, 0.5) is 0 Å². The number of hydrogen-bond donors (Lipinski definition) is 0. The van der Waals surface area contributed by atoms with Crippen molar-refractivity contribution in [2.75, 3.05) is 0 Å². The molecule has 1 aliphatic heterocycles. The zero-order valence-electron chi connectivity index (χ0n) is 35.1. The summed E-state index contributed by atoms with van der Waals surface area (Å²) < 4.78 is 0.711. The van der Waals surface area contributed by atoms with E-state index in [-0.39, 0.29) is 7.25 Å². The Morgan fingerprint density at radius 2 is 0.839 bits per heavy atom. The number of fused-ring (bicyclic) bond motifs is 5. The molecule has 301 valence electrons. The molecule has 0 saturated carbocycles. The monoisotopic (exact) mass is 931 g/mol. The van der Waals surface area contributed by atoms with Gasteiger partial charge in [-0.05, 0) is 0 Å². The molecule has 1 heterocycles. The fraction of sp³-hybridized carbons (Fsp3) is 0.103.